The molecule has 0 saturated carbocycles. The standard InChI is InChI=1S/C14H17NO6S/c1-9-7-11(3-4-12(9)14(18)21-2)22(19,20)15-6-5-10(8-15)13(16)17/h3-4,7,10H,5-6,8H2,1-2H3,(H,16,17). The number of hydrogen-bond donors (Lipinski definition) is 1. The molecule has 8 heteroatoms. The minimum absolute atomic E-state index is 0.0323. The molecule has 120 valence electrons. The number of nitrogens with zero attached hydrogens (tertiary/aromatic N) is 1. The first-order valence-corrected chi connectivity index (χ1v) is 8.13. The summed E-state index contributed by atoms with van der Waals surface area (Å²) in [5, 5.41) is 8.96. The van der Waals surface area contributed by atoms with E-state index in [4.69, 9.17) is 5.11 Å². The average Bonchev–Trinajstić information content (AvgIpc) is 2.97. The van der Waals surface area contributed by atoms with Gasteiger partial charge in [0, 0.05) is 13.1 Å². The van der Waals surface area contributed by atoms with Crippen molar-refractivity contribution in [3.05, 3.63) is 29.3 Å². The Bertz CT molecular complexity index is 712. The van der Waals surface area contributed by atoms with Crippen molar-refractivity contribution in [2.24, 2.45) is 5.92 Å². The van der Waals surface area contributed by atoms with Crippen LogP contribution < -0.4 is 0 Å². The van der Waals surface area contributed by atoms with Gasteiger partial charge in [-0.05, 0) is 37.1 Å². The second-order valence-corrected chi connectivity index (χ2v) is 7.09. The molecule has 7 nitrogen and oxygen atoms in total. The van der Waals surface area contributed by atoms with Crippen LogP contribution in [0.1, 0.15) is 22.3 Å². The molecule has 0 bridgehead atoms. The number of methoxy groups -OCH3 is 1. The molecule has 22 heavy (non-hydrogen) atoms. The fourth-order valence-corrected chi connectivity index (χ4v) is 4.02. The Kier molecular flexibility index (Phi) is 4.52. The number of esters is 1. The van der Waals surface area contributed by atoms with E-state index in [1.54, 1.807) is 6.92 Å². The number of benzene rings is 1. The number of aryl methyl sites for hydroxylation is 1. The quantitative estimate of drug-likeness (QED) is 0.824. The second kappa shape index (κ2) is 6.05. The SMILES string of the molecule is COC(=O)c1ccc(S(=O)(=O)N2CCC(C(=O)O)C2)cc1C. The minimum Gasteiger partial charge on any atom is -0.481 e. The van der Waals surface area contributed by atoms with E-state index in [1.807, 2.05) is 0 Å². The van der Waals surface area contributed by atoms with Crippen LogP contribution in [0.2, 0.25) is 0 Å². The van der Waals surface area contributed by atoms with E-state index in [0.29, 0.717) is 17.5 Å². The molecule has 1 atom stereocenters. The predicted octanol–water partition coefficient (Wildman–Crippen LogP) is 0.877. The highest BCUT2D eigenvalue weighted by Gasteiger charge is 2.36. The number of carboxylic acid groups (broad SMARTS) is 1. The topological polar surface area (TPSA) is 101 Å². The molecule has 0 spiro atoms. The van der Waals surface area contributed by atoms with Crippen molar-refractivity contribution in [1.82, 2.24) is 4.31 Å². The van der Waals surface area contributed by atoms with Gasteiger partial charge in [-0.2, -0.15) is 4.31 Å². The van der Waals surface area contributed by atoms with Crippen molar-refractivity contribution in [2.75, 3.05) is 20.2 Å². The average molecular weight is 327 g/mol. The van der Waals surface area contributed by atoms with Crippen molar-refractivity contribution in [3.63, 3.8) is 0 Å². The molecule has 1 N–H and O–H groups in total. The lowest BCUT2D eigenvalue weighted by molar-refractivity contribution is -0.141. The lowest BCUT2D eigenvalue weighted by Crippen LogP contribution is -2.30. The molecule has 1 saturated heterocycles. The number of ether oxygens (including phenoxy) is 1. The molecule has 0 amide bonds. The van der Waals surface area contributed by atoms with Crippen LogP contribution in [0.3, 0.4) is 0 Å². The summed E-state index contributed by atoms with van der Waals surface area (Å²) < 4.78 is 30.8. The van der Waals surface area contributed by atoms with E-state index in [-0.39, 0.29) is 18.0 Å². The fraction of sp³-hybridized carbons (Fsp3) is 0.429. The van der Waals surface area contributed by atoms with Crippen LogP contribution in [0.5, 0.6) is 0 Å². The first-order valence-electron chi connectivity index (χ1n) is 6.69. The van der Waals surface area contributed by atoms with Gasteiger partial charge in [-0.15, -0.1) is 0 Å². The molecule has 1 aliphatic rings. The van der Waals surface area contributed by atoms with Gasteiger partial charge in [-0.25, -0.2) is 13.2 Å². The molecule has 0 aromatic heterocycles. The lowest BCUT2D eigenvalue weighted by atomic mass is 10.1. The van der Waals surface area contributed by atoms with E-state index < -0.39 is 27.9 Å². The Hall–Kier alpha value is -1.93. The summed E-state index contributed by atoms with van der Waals surface area (Å²) in [7, 11) is -2.51. The lowest BCUT2D eigenvalue weighted by Gasteiger charge is -2.17. The van der Waals surface area contributed by atoms with E-state index in [1.165, 1.54) is 29.6 Å². The first kappa shape index (κ1) is 16.4. The van der Waals surface area contributed by atoms with Gasteiger partial charge in [0.25, 0.3) is 0 Å². The summed E-state index contributed by atoms with van der Waals surface area (Å²) in [6.45, 7) is 1.77. The van der Waals surface area contributed by atoms with E-state index >= 15 is 0 Å². The van der Waals surface area contributed by atoms with Crippen LogP contribution >= 0.6 is 0 Å². The zero-order valence-electron chi connectivity index (χ0n) is 12.3. The van der Waals surface area contributed by atoms with Gasteiger partial charge in [-0.1, -0.05) is 0 Å². The highest BCUT2D eigenvalue weighted by molar-refractivity contribution is 7.89. The molecule has 1 unspecified atom stereocenters. The number of sulfonamides is 1. The maximum atomic E-state index is 12.5. The summed E-state index contributed by atoms with van der Waals surface area (Å²) in [5.41, 5.74) is 0.785. The molecule has 1 aromatic rings. The normalized spacial score (nSPS) is 19.1. The molecule has 0 aliphatic carbocycles. The summed E-state index contributed by atoms with van der Waals surface area (Å²) in [4.78, 5) is 22.5. The molecule has 1 aliphatic heterocycles. The third kappa shape index (κ3) is 2.97. The number of carbonyl (C=O) groups is 2. The van der Waals surface area contributed by atoms with Crippen LogP contribution in [0.4, 0.5) is 0 Å². The van der Waals surface area contributed by atoms with E-state index in [0.717, 1.165) is 0 Å². The Labute approximate surface area is 128 Å². The Morgan fingerprint density at radius 3 is 2.55 bits per heavy atom. The second-order valence-electron chi connectivity index (χ2n) is 5.16. The Balaban J connectivity index is 2.29. The minimum atomic E-state index is -3.76. The van der Waals surface area contributed by atoms with Crippen LogP contribution in [0, 0.1) is 12.8 Å². The zero-order chi connectivity index (χ0) is 16.5. The van der Waals surface area contributed by atoms with Crippen molar-refractivity contribution < 1.29 is 27.9 Å². The van der Waals surface area contributed by atoms with E-state index in [2.05, 4.69) is 4.74 Å². The smallest absolute Gasteiger partial charge is 0.338 e. The van der Waals surface area contributed by atoms with Crippen molar-refractivity contribution in [1.29, 1.82) is 0 Å². The van der Waals surface area contributed by atoms with Gasteiger partial charge in [0.1, 0.15) is 0 Å². The molecule has 2 rings (SSSR count). The maximum absolute atomic E-state index is 12.5. The van der Waals surface area contributed by atoms with Gasteiger partial charge < -0.3 is 9.84 Å². The summed E-state index contributed by atoms with van der Waals surface area (Å²) in [6.07, 6.45) is 0.299. The third-order valence-electron chi connectivity index (χ3n) is 3.74. The number of hydrogen-bond acceptors (Lipinski definition) is 5. The highest BCUT2D eigenvalue weighted by Crippen LogP contribution is 2.26. The van der Waals surface area contributed by atoms with Crippen LogP contribution in [-0.4, -0.2) is 50.0 Å². The number of rotatable bonds is 4. The zero-order valence-corrected chi connectivity index (χ0v) is 13.1. The van der Waals surface area contributed by atoms with Gasteiger partial charge >= 0.3 is 11.9 Å². The predicted molar refractivity (Wildman–Crippen MR) is 77.0 cm³/mol. The van der Waals surface area contributed by atoms with Gasteiger partial charge in [-0.3, -0.25) is 4.79 Å². The number of aliphatic carboxylic acids is 1. The van der Waals surface area contributed by atoms with Gasteiger partial charge in [0.15, 0.2) is 0 Å². The Morgan fingerprint density at radius 1 is 1.36 bits per heavy atom. The number of carboxylic acids is 1. The van der Waals surface area contributed by atoms with Crippen molar-refractivity contribution in [2.45, 2.75) is 18.2 Å². The van der Waals surface area contributed by atoms with Crippen LogP contribution in [-0.2, 0) is 19.6 Å². The molecular formula is C14H17NO6S. The molecule has 0 radical (unpaired) electrons. The Morgan fingerprint density at radius 2 is 2.05 bits per heavy atom. The van der Waals surface area contributed by atoms with Crippen LogP contribution in [0.25, 0.3) is 0 Å². The van der Waals surface area contributed by atoms with Crippen molar-refractivity contribution >= 4 is 22.0 Å². The summed E-state index contributed by atoms with van der Waals surface area (Å²) in [6, 6.07) is 4.14. The molecule has 1 fully saturated rings. The molecule has 1 aromatic carbocycles. The van der Waals surface area contributed by atoms with Gasteiger partial charge in [0.05, 0.1) is 23.5 Å². The first-order chi connectivity index (χ1) is 10.3. The molecular weight excluding hydrogens is 310 g/mol. The van der Waals surface area contributed by atoms with Crippen LogP contribution in [0.15, 0.2) is 23.1 Å². The highest BCUT2D eigenvalue weighted by atomic mass is 32.2. The largest absolute Gasteiger partial charge is 0.481 e. The molecule has 1 heterocycles. The monoisotopic (exact) mass is 327 g/mol. The van der Waals surface area contributed by atoms with E-state index in [9.17, 15) is 18.0 Å². The van der Waals surface area contributed by atoms with Gasteiger partial charge in [0.2, 0.25) is 10.0 Å². The maximum Gasteiger partial charge on any atom is 0.338 e. The van der Waals surface area contributed by atoms with Crippen molar-refractivity contribution in [3.8, 4) is 0 Å². The fourth-order valence-electron chi connectivity index (χ4n) is 2.43. The third-order valence-corrected chi connectivity index (χ3v) is 5.60. The summed E-state index contributed by atoms with van der Waals surface area (Å²) in [5.74, 6) is -2.20. The summed E-state index contributed by atoms with van der Waals surface area (Å²) >= 11 is 0. The number of carbonyl (C=O) groups excluding carboxylic acids is 1.